The lowest BCUT2D eigenvalue weighted by Crippen LogP contribution is -1.99. The average molecular weight is 248 g/mol. The molecule has 0 saturated carbocycles. The van der Waals surface area contributed by atoms with Crippen LogP contribution in [0.5, 0.6) is 0 Å². The molecular weight excluding hydrogens is 238 g/mol. The summed E-state index contributed by atoms with van der Waals surface area (Å²) in [6.07, 6.45) is 3.73. The Labute approximate surface area is 104 Å². The van der Waals surface area contributed by atoms with E-state index in [1.165, 1.54) is 6.08 Å². The zero-order valence-electron chi connectivity index (χ0n) is 9.22. The third-order valence-corrected chi connectivity index (χ3v) is 2.74. The van der Waals surface area contributed by atoms with Crippen molar-refractivity contribution < 1.29 is 4.79 Å². The normalized spacial score (nSPS) is 10.0. The molecule has 0 fully saturated rings. The fourth-order valence-electron chi connectivity index (χ4n) is 1.59. The van der Waals surface area contributed by atoms with Crippen LogP contribution in [0, 0.1) is 0 Å². The first kappa shape index (κ1) is 11.6. The van der Waals surface area contributed by atoms with E-state index in [2.05, 4.69) is 10.1 Å². The van der Waals surface area contributed by atoms with Crippen molar-refractivity contribution in [2.45, 2.75) is 6.42 Å². The van der Waals surface area contributed by atoms with Gasteiger partial charge in [0.05, 0.1) is 11.9 Å². The number of isocyanates is 1. The quantitative estimate of drug-likeness (QED) is 0.618. The minimum absolute atomic E-state index is 0.553. The number of aryl methyl sites for hydroxylation is 1. The van der Waals surface area contributed by atoms with Crippen molar-refractivity contribution in [1.82, 2.24) is 9.78 Å². The second-order valence-corrected chi connectivity index (χ2v) is 4.04. The van der Waals surface area contributed by atoms with Crippen LogP contribution in [0.1, 0.15) is 11.3 Å². The molecule has 4 nitrogen and oxygen atoms in total. The fraction of sp³-hybridized carbons (Fsp3) is 0.167. The van der Waals surface area contributed by atoms with Crippen LogP contribution < -0.4 is 0 Å². The van der Waals surface area contributed by atoms with Crippen LogP contribution in [-0.2, 0) is 18.3 Å². The van der Waals surface area contributed by atoms with E-state index < -0.39 is 0 Å². The van der Waals surface area contributed by atoms with Crippen molar-refractivity contribution in [3.8, 4) is 0 Å². The number of hydrogen-bond donors (Lipinski definition) is 0. The average Bonchev–Trinajstić information content (AvgIpc) is 2.65. The van der Waals surface area contributed by atoms with Crippen LogP contribution in [0.4, 0.5) is 5.69 Å². The van der Waals surface area contributed by atoms with Gasteiger partial charge in [0.15, 0.2) is 0 Å². The first-order valence-electron chi connectivity index (χ1n) is 5.04. The van der Waals surface area contributed by atoms with E-state index in [0.717, 1.165) is 11.3 Å². The zero-order valence-corrected chi connectivity index (χ0v) is 9.98. The molecule has 0 saturated heterocycles. The predicted octanol–water partition coefficient (Wildman–Crippen LogP) is 2.63. The van der Waals surface area contributed by atoms with E-state index in [4.69, 9.17) is 11.6 Å². The van der Waals surface area contributed by atoms with Gasteiger partial charge in [-0.2, -0.15) is 10.1 Å². The largest absolute Gasteiger partial charge is 0.270 e. The Balaban J connectivity index is 2.32. The lowest BCUT2D eigenvalue weighted by Gasteiger charge is -2.03. The molecule has 0 unspecified atom stereocenters. The third-order valence-electron chi connectivity index (χ3n) is 2.49. The molecule has 0 spiro atoms. The van der Waals surface area contributed by atoms with Crippen molar-refractivity contribution in [3.05, 3.63) is 46.7 Å². The van der Waals surface area contributed by atoms with Gasteiger partial charge in [-0.1, -0.05) is 23.7 Å². The monoisotopic (exact) mass is 247 g/mol. The number of hydrogen-bond acceptors (Lipinski definition) is 3. The standard InChI is InChI=1S/C12H10ClN3O/c1-16-12(11(7-15-16)14-8-17)6-9-2-4-10(13)5-3-9/h2-5,7H,6H2,1H3. The molecule has 2 aromatic rings. The molecular formula is C12H10ClN3O. The number of halogens is 1. The van der Waals surface area contributed by atoms with Gasteiger partial charge in [0.2, 0.25) is 6.08 Å². The smallest absolute Gasteiger partial charge is 0.240 e. The number of benzene rings is 1. The van der Waals surface area contributed by atoms with E-state index in [9.17, 15) is 4.79 Å². The van der Waals surface area contributed by atoms with Gasteiger partial charge in [-0.3, -0.25) is 4.68 Å². The molecule has 0 aliphatic carbocycles. The lowest BCUT2D eigenvalue weighted by atomic mass is 10.1. The van der Waals surface area contributed by atoms with Gasteiger partial charge in [0.1, 0.15) is 5.69 Å². The summed E-state index contributed by atoms with van der Waals surface area (Å²) in [6, 6.07) is 7.53. The van der Waals surface area contributed by atoms with Gasteiger partial charge in [-0.15, -0.1) is 0 Å². The van der Waals surface area contributed by atoms with Crippen LogP contribution in [-0.4, -0.2) is 15.9 Å². The maximum atomic E-state index is 10.3. The molecule has 1 heterocycles. The van der Waals surface area contributed by atoms with E-state index in [1.54, 1.807) is 10.9 Å². The Bertz CT molecular complexity index is 568. The molecule has 0 aliphatic heterocycles. The van der Waals surface area contributed by atoms with Gasteiger partial charge < -0.3 is 0 Å². The molecule has 2 rings (SSSR count). The van der Waals surface area contributed by atoms with Crippen LogP contribution in [0.25, 0.3) is 0 Å². The van der Waals surface area contributed by atoms with Crippen molar-refractivity contribution >= 4 is 23.4 Å². The highest BCUT2D eigenvalue weighted by atomic mass is 35.5. The lowest BCUT2D eigenvalue weighted by molar-refractivity contribution is 0.565. The molecule has 1 aromatic carbocycles. The Kier molecular flexibility index (Phi) is 3.38. The Morgan fingerprint density at radius 3 is 2.76 bits per heavy atom. The van der Waals surface area contributed by atoms with Gasteiger partial charge >= 0.3 is 0 Å². The number of carbonyl (C=O) groups excluding carboxylic acids is 1. The Morgan fingerprint density at radius 1 is 1.41 bits per heavy atom. The van der Waals surface area contributed by atoms with Gasteiger partial charge in [-0.05, 0) is 17.7 Å². The van der Waals surface area contributed by atoms with E-state index in [1.807, 2.05) is 31.3 Å². The van der Waals surface area contributed by atoms with Crippen molar-refractivity contribution in [3.63, 3.8) is 0 Å². The SMILES string of the molecule is Cn1ncc(N=C=O)c1Cc1ccc(Cl)cc1. The third kappa shape index (κ3) is 2.61. The maximum Gasteiger partial charge on any atom is 0.240 e. The summed E-state index contributed by atoms with van der Waals surface area (Å²) < 4.78 is 1.70. The summed E-state index contributed by atoms with van der Waals surface area (Å²) in [5.74, 6) is 0. The van der Waals surface area contributed by atoms with Crippen molar-refractivity contribution in [2.75, 3.05) is 0 Å². The highest BCUT2D eigenvalue weighted by Crippen LogP contribution is 2.21. The summed E-state index contributed by atoms with van der Waals surface area (Å²) in [5.41, 5.74) is 2.51. The number of nitrogens with zero attached hydrogens (tertiary/aromatic N) is 3. The highest BCUT2D eigenvalue weighted by Gasteiger charge is 2.08. The molecule has 5 heteroatoms. The molecule has 1 aromatic heterocycles. The van der Waals surface area contributed by atoms with Crippen LogP contribution in [0.2, 0.25) is 5.02 Å². The van der Waals surface area contributed by atoms with Gasteiger partial charge in [0, 0.05) is 18.5 Å². The second kappa shape index (κ2) is 4.95. The number of aromatic nitrogens is 2. The van der Waals surface area contributed by atoms with Crippen molar-refractivity contribution in [1.29, 1.82) is 0 Å². The van der Waals surface area contributed by atoms with Crippen LogP contribution >= 0.6 is 11.6 Å². The molecule has 0 radical (unpaired) electrons. The summed E-state index contributed by atoms with van der Waals surface area (Å²) in [5, 5.41) is 4.77. The first-order valence-corrected chi connectivity index (χ1v) is 5.41. The molecule has 0 N–H and O–H groups in total. The summed E-state index contributed by atoms with van der Waals surface area (Å²) in [6.45, 7) is 0. The van der Waals surface area contributed by atoms with Gasteiger partial charge in [0.25, 0.3) is 0 Å². The van der Waals surface area contributed by atoms with E-state index in [0.29, 0.717) is 17.1 Å². The van der Waals surface area contributed by atoms with Crippen LogP contribution in [0.3, 0.4) is 0 Å². The van der Waals surface area contributed by atoms with Crippen LogP contribution in [0.15, 0.2) is 35.5 Å². The minimum Gasteiger partial charge on any atom is -0.270 e. The first-order chi connectivity index (χ1) is 8.20. The molecule has 86 valence electrons. The van der Waals surface area contributed by atoms with E-state index in [-0.39, 0.29) is 0 Å². The summed E-state index contributed by atoms with van der Waals surface area (Å²) in [7, 11) is 1.81. The molecule has 17 heavy (non-hydrogen) atoms. The fourth-order valence-corrected chi connectivity index (χ4v) is 1.72. The van der Waals surface area contributed by atoms with Gasteiger partial charge in [-0.25, -0.2) is 4.79 Å². The topological polar surface area (TPSA) is 47.2 Å². The summed E-state index contributed by atoms with van der Waals surface area (Å²) >= 11 is 5.82. The predicted molar refractivity (Wildman–Crippen MR) is 65.2 cm³/mol. The molecule has 0 bridgehead atoms. The molecule has 0 atom stereocenters. The van der Waals surface area contributed by atoms with Crippen molar-refractivity contribution in [2.24, 2.45) is 12.0 Å². The minimum atomic E-state index is 0.553. The number of aliphatic imine (C=N–C) groups is 1. The summed E-state index contributed by atoms with van der Waals surface area (Å²) in [4.78, 5) is 13.9. The highest BCUT2D eigenvalue weighted by molar-refractivity contribution is 6.30. The molecule has 0 amide bonds. The molecule has 0 aliphatic rings. The zero-order chi connectivity index (χ0) is 12.3. The number of rotatable bonds is 3. The Hall–Kier alpha value is -1.90. The Morgan fingerprint density at radius 2 is 2.12 bits per heavy atom. The second-order valence-electron chi connectivity index (χ2n) is 3.61. The maximum absolute atomic E-state index is 10.3. The van der Waals surface area contributed by atoms with E-state index >= 15 is 0 Å².